The Morgan fingerprint density at radius 2 is 1.54 bits per heavy atom. The van der Waals surface area contributed by atoms with Gasteiger partial charge in [-0.15, -0.1) is 6.42 Å². The zero-order valence-electron chi connectivity index (χ0n) is 16.8. The van der Waals surface area contributed by atoms with E-state index in [1.165, 1.54) is 27.9 Å². The Morgan fingerprint density at radius 1 is 0.893 bits per heavy atom. The molecule has 0 saturated carbocycles. The Bertz CT molecular complexity index is 1030. The van der Waals surface area contributed by atoms with Crippen LogP contribution in [0.15, 0.2) is 54.6 Å². The number of hydrogen-bond acceptors (Lipinski definition) is 2. The van der Waals surface area contributed by atoms with Gasteiger partial charge >= 0.3 is 0 Å². The molecule has 3 aromatic carbocycles. The molecule has 1 N–H and O–H groups in total. The van der Waals surface area contributed by atoms with Crippen LogP contribution in [0.1, 0.15) is 11.1 Å². The maximum Gasteiger partial charge on any atom is 0.0763 e. The predicted molar refractivity (Wildman–Crippen MR) is 123 cm³/mol. The van der Waals surface area contributed by atoms with Crippen molar-refractivity contribution in [1.82, 2.24) is 0 Å². The number of hydrogen-bond donors (Lipinski definition) is 1. The lowest BCUT2D eigenvalue weighted by atomic mass is 9.91. The second-order valence-corrected chi connectivity index (χ2v) is 7.58. The number of aryl methyl sites for hydroxylation is 2. The molecule has 3 rings (SSSR count). The zero-order chi connectivity index (χ0) is 20.3. The number of nitrogens with zero attached hydrogens (tertiary/aromatic N) is 1. The molecule has 142 valence electrons. The highest BCUT2D eigenvalue weighted by Gasteiger charge is 2.12. The molecular weight excluding hydrogens is 364 g/mol. The summed E-state index contributed by atoms with van der Waals surface area (Å²) in [5.74, 6) is 2.57. The van der Waals surface area contributed by atoms with Crippen LogP contribution >= 0.6 is 11.6 Å². The van der Waals surface area contributed by atoms with E-state index in [0.717, 1.165) is 16.8 Å². The third-order valence-electron chi connectivity index (χ3n) is 4.92. The van der Waals surface area contributed by atoms with Gasteiger partial charge in [-0.05, 0) is 65.9 Å². The SMILES string of the molecule is C#CCNc1ccc(-c2cc(C)c(-c3ccc(N(C)C)cc3)cc2C)c(Cl)c1. The summed E-state index contributed by atoms with van der Waals surface area (Å²) in [6, 6.07) is 19.1. The summed E-state index contributed by atoms with van der Waals surface area (Å²) in [5.41, 5.74) is 9.20. The van der Waals surface area contributed by atoms with Gasteiger partial charge in [0.25, 0.3) is 0 Å². The fourth-order valence-electron chi connectivity index (χ4n) is 3.35. The standard InChI is InChI=1S/C25H25ClN2/c1-6-13-27-20-9-12-22(25(26)16-20)24-15-17(2)23(14-18(24)3)19-7-10-21(11-8-19)28(4)5/h1,7-12,14-16,27H,13H2,2-5H3. The van der Waals surface area contributed by atoms with E-state index >= 15 is 0 Å². The summed E-state index contributed by atoms with van der Waals surface area (Å²) in [4.78, 5) is 2.11. The summed E-state index contributed by atoms with van der Waals surface area (Å²) in [6.07, 6.45) is 5.31. The van der Waals surface area contributed by atoms with Crippen molar-refractivity contribution in [3.05, 3.63) is 70.7 Å². The van der Waals surface area contributed by atoms with Crippen molar-refractivity contribution in [1.29, 1.82) is 0 Å². The maximum absolute atomic E-state index is 6.57. The molecule has 0 aliphatic rings. The van der Waals surface area contributed by atoms with Gasteiger partial charge < -0.3 is 10.2 Å². The Labute approximate surface area is 173 Å². The second kappa shape index (κ2) is 8.42. The summed E-state index contributed by atoms with van der Waals surface area (Å²) >= 11 is 6.57. The van der Waals surface area contributed by atoms with Crippen LogP contribution < -0.4 is 10.2 Å². The normalized spacial score (nSPS) is 10.4. The Balaban J connectivity index is 1.97. The minimum Gasteiger partial charge on any atom is -0.378 e. The van der Waals surface area contributed by atoms with Crippen molar-refractivity contribution in [2.75, 3.05) is 30.9 Å². The van der Waals surface area contributed by atoms with E-state index < -0.39 is 0 Å². The van der Waals surface area contributed by atoms with Gasteiger partial charge in [0, 0.05) is 31.0 Å². The van der Waals surface area contributed by atoms with Crippen molar-refractivity contribution in [3.63, 3.8) is 0 Å². The quantitative estimate of drug-likeness (QED) is 0.508. The molecule has 3 heteroatoms. The largest absolute Gasteiger partial charge is 0.378 e. The predicted octanol–water partition coefficient (Wildman–Crippen LogP) is 6.40. The van der Waals surface area contributed by atoms with E-state index in [9.17, 15) is 0 Å². The summed E-state index contributed by atoms with van der Waals surface area (Å²) < 4.78 is 0. The molecule has 0 aliphatic carbocycles. The van der Waals surface area contributed by atoms with Gasteiger partial charge in [0.05, 0.1) is 11.6 Å². The number of nitrogens with one attached hydrogen (secondary N) is 1. The maximum atomic E-state index is 6.57. The molecule has 0 spiro atoms. The van der Waals surface area contributed by atoms with Crippen LogP contribution in [0.2, 0.25) is 5.02 Å². The van der Waals surface area contributed by atoms with Crippen LogP contribution in [-0.2, 0) is 0 Å². The van der Waals surface area contributed by atoms with Crippen molar-refractivity contribution in [3.8, 4) is 34.6 Å². The van der Waals surface area contributed by atoms with E-state index in [4.69, 9.17) is 18.0 Å². The van der Waals surface area contributed by atoms with Gasteiger partial charge in [0.1, 0.15) is 0 Å². The van der Waals surface area contributed by atoms with Gasteiger partial charge in [-0.25, -0.2) is 0 Å². The minimum absolute atomic E-state index is 0.481. The highest BCUT2D eigenvalue weighted by Crippen LogP contribution is 2.36. The van der Waals surface area contributed by atoms with E-state index in [-0.39, 0.29) is 0 Å². The number of anilines is 2. The zero-order valence-corrected chi connectivity index (χ0v) is 17.6. The number of rotatable bonds is 5. The number of terminal acetylenes is 1. The van der Waals surface area contributed by atoms with Crippen LogP contribution in [0.4, 0.5) is 11.4 Å². The molecular formula is C25H25ClN2. The fraction of sp³-hybridized carbons (Fsp3) is 0.200. The van der Waals surface area contributed by atoms with Crippen molar-refractivity contribution in [2.45, 2.75) is 13.8 Å². The summed E-state index contributed by atoms with van der Waals surface area (Å²) in [7, 11) is 4.10. The number of halogens is 1. The molecule has 0 bridgehead atoms. The highest BCUT2D eigenvalue weighted by atomic mass is 35.5. The molecule has 0 atom stereocenters. The monoisotopic (exact) mass is 388 g/mol. The van der Waals surface area contributed by atoms with Crippen LogP contribution in [0.3, 0.4) is 0 Å². The van der Waals surface area contributed by atoms with Crippen LogP contribution in [0.25, 0.3) is 22.3 Å². The summed E-state index contributed by atoms with van der Waals surface area (Å²) in [6.45, 7) is 4.76. The average molecular weight is 389 g/mol. The highest BCUT2D eigenvalue weighted by molar-refractivity contribution is 6.33. The molecule has 0 fully saturated rings. The molecule has 0 amide bonds. The van der Waals surface area contributed by atoms with Crippen LogP contribution in [-0.4, -0.2) is 20.6 Å². The molecule has 0 radical (unpaired) electrons. The molecule has 3 aromatic rings. The molecule has 0 heterocycles. The smallest absolute Gasteiger partial charge is 0.0763 e. The lowest BCUT2D eigenvalue weighted by Gasteiger charge is -2.16. The second-order valence-electron chi connectivity index (χ2n) is 7.18. The van der Waals surface area contributed by atoms with E-state index in [1.807, 2.05) is 12.1 Å². The topological polar surface area (TPSA) is 15.3 Å². The molecule has 0 aliphatic heterocycles. The van der Waals surface area contributed by atoms with Gasteiger partial charge in [-0.1, -0.05) is 47.9 Å². The molecule has 2 nitrogen and oxygen atoms in total. The fourth-order valence-corrected chi connectivity index (χ4v) is 3.64. The minimum atomic E-state index is 0.481. The van der Waals surface area contributed by atoms with Crippen molar-refractivity contribution >= 4 is 23.0 Å². The lowest BCUT2D eigenvalue weighted by molar-refractivity contribution is 1.13. The van der Waals surface area contributed by atoms with Gasteiger partial charge in [0.15, 0.2) is 0 Å². The van der Waals surface area contributed by atoms with E-state index in [1.54, 1.807) is 0 Å². The van der Waals surface area contributed by atoms with E-state index in [0.29, 0.717) is 11.6 Å². The Kier molecular flexibility index (Phi) is 5.97. The van der Waals surface area contributed by atoms with Crippen LogP contribution in [0.5, 0.6) is 0 Å². The first kappa shape index (κ1) is 19.9. The first-order valence-corrected chi connectivity index (χ1v) is 9.64. The number of benzene rings is 3. The summed E-state index contributed by atoms with van der Waals surface area (Å²) in [5, 5.41) is 3.87. The first-order chi connectivity index (χ1) is 13.4. The molecule has 0 saturated heterocycles. The lowest BCUT2D eigenvalue weighted by Crippen LogP contribution is -2.07. The van der Waals surface area contributed by atoms with Gasteiger partial charge in [0.2, 0.25) is 0 Å². The molecule has 0 aromatic heterocycles. The van der Waals surface area contributed by atoms with Gasteiger partial charge in [-0.2, -0.15) is 0 Å². The van der Waals surface area contributed by atoms with E-state index in [2.05, 4.69) is 86.5 Å². The molecule has 28 heavy (non-hydrogen) atoms. The Morgan fingerprint density at radius 3 is 2.14 bits per heavy atom. The first-order valence-electron chi connectivity index (χ1n) is 9.27. The molecule has 0 unspecified atom stereocenters. The van der Waals surface area contributed by atoms with Gasteiger partial charge in [-0.3, -0.25) is 0 Å². The third-order valence-corrected chi connectivity index (χ3v) is 5.23. The Hall–Kier alpha value is -2.89. The van der Waals surface area contributed by atoms with Crippen LogP contribution in [0, 0.1) is 26.2 Å². The third kappa shape index (κ3) is 4.16. The average Bonchev–Trinajstić information content (AvgIpc) is 2.68. The van der Waals surface area contributed by atoms with Crippen molar-refractivity contribution in [2.24, 2.45) is 0 Å². The van der Waals surface area contributed by atoms with Crippen molar-refractivity contribution < 1.29 is 0 Å².